The summed E-state index contributed by atoms with van der Waals surface area (Å²) in [5, 5.41) is 2.52. The lowest BCUT2D eigenvalue weighted by Gasteiger charge is -2.19. The quantitative estimate of drug-likeness (QED) is 0.211. The van der Waals surface area contributed by atoms with Crippen LogP contribution < -0.4 is 10.1 Å². The summed E-state index contributed by atoms with van der Waals surface area (Å²) in [5.74, 6) is -3.42. The Morgan fingerprint density at radius 1 is 1.02 bits per heavy atom. The van der Waals surface area contributed by atoms with Crippen molar-refractivity contribution in [1.29, 1.82) is 0 Å². The van der Waals surface area contributed by atoms with Gasteiger partial charge in [-0.25, -0.2) is 8.78 Å². The maximum Gasteiger partial charge on any atom is 0.416 e. The zero-order valence-electron chi connectivity index (χ0n) is 22.1. The number of hydrogen-bond acceptors (Lipinski definition) is 4. The number of ether oxygens (including phenoxy) is 2. The van der Waals surface area contributed by atoms with Gasteiger partial charge < -0.3 is 14.8 Å². The van der Waals surface area contributed by atoms with Crippen LogP contribution in [0.4, 0.5) is 27.6 Å². The maximum absolute atomic E-state index is 14.6. The Morgan fingerprint density at radius 3 is 2.38 bits per heavy atom. The van der Waals surface area contributed by atoms with Crippen molar-refractivity contribution in [2.24, 2.45) is 0 Å². The summed E-state index contributed by atoms with van der Waals surface area (Å²) in [4.78, 5) is 25.3. The average Bonchev–Trinajstić information content (AvgIpc) is 3.71. The summed E-state index contributed by atoms with van der Waals surface area (Å²) in [6.45, 7) is 5.01. The predicted octanol–water partition coefficient (Wildman–Crippen LogP) is 8.27. The fourth-order valence-corrected chi connectivity index (χ4v) is 4.46. The first-order chi connectivity index (χ1) is 18.9. The third kappa shape index (κ3) is 6.78. The van der Waals surface area contributed by atoms with E-state index in [2.05, 4.69) is 5.32 Å². The topological polar surface area (TPSA) is 64.6 Å². The van der Waals surface area contributed by atoms with Crippen molar-refractivity contribution in [2.75, 3.05) is 11.9 Å². The molecule has 1 N–H and O–H groups in total. The number of carbonyl (C=O) groups excluding carboxylic acids is 2. The monoisotopic (exact) mass is 561 g/mol. The molecule has 0 bridgehead atoms. The van der Waals surface area contributed by atoms with Crippen LogP contribution in [0.25, 0.3) is 0 Å². The van der Waals surface area contributed by atoms with Gasteiger partial charge in [0.15, 0.2) is 0 Å². The number of rotatable bonds is 9. The van der Waals surface area contributed by atoms with Gasteiger partial charge in [-0.1, -0.05) is 6.92 Å². The number of benzene rings is 3. The van der Waals surface area contributed by atoms with Gasteiger partial charge in [0.1, 0.15) is 23.1 Å². The van der Waals surface area contributed by atoms with Crippen LogP contribution in [0.2, 0.25) is 0 Å². The number of esters is 1. The number of anilines is 1. The molecule has 3 aromatic rings. The Bertz CT molecular complexity index is 1430. The third-order valence-electron chi connectivity index (χ3n) is 6.64. The zero-order chi connectivity index (χ0) is 29.2. The molecule has 5 nitrogen and oxygen atoms in total. The van der Waals surface area contributed by atoms with Gasteiger partial charge in [-0.3, -0.25) is 9.59 Å². The molecule has 1 aliphatic carbocycles. The molecule has 0 saturated heterocycles. The molecule has 1 atom stereocenters. The molecule has 3 aromatic carbocycles. The Labute approximate surface area is 228 Å². The Balaban J connectivity index is 1.71. The van der Waals surface area contributed by atoms with E-state index >= 15 is 0 Å². The van der Waals surface area contributed by atoms with E-state index in [1.54, 1.807) is 20.8 Å². The fourth-order valence-electron chi connectivity index (χ4n) is 4.46. The summed E-state index contributed by atoms with van der Waals surface area (Å²) >= 11 is 0. The molecule has 1 fully saturated rings. The van der Waals surface area contributed by atoms with E-state index in [1.165, 1.54) is 30.3 Å². The molecule has 0 radical (unpaired) electrons. The van der Waals surface area contributed by atoms with Gasteiger partial charge in [-0.2, -0.15) is 13.2 Å². The molecule has 10 heteroatoms. The van der Waals surface area contributed by atoms with Gasteiger partial charge in [-0.15, -0.1) is 0 Å². The molecular formula is C30H28F5NO4. The van der Waals surface area contributed by atoms with Gasteiger partial charge in [-0.05, 0) is 104 Å². The minimum atomic E-state index is -4.72. The second-order valence-electron chi connectivity index (χ2n) is 9.82. The molecule has 0 spiro atoms. The highest BCUT2D eigenvalue weighted by atomic mass is 19.4. The van der Waals surface area contributed by atoms with E-state index in [-0.39, 0.29) is 47.3 Å². The molecule has 0 aliphatic heterocycles. The van der Waals surface area contributed by atoms with Crippen LogP contribution >= 0.6 is 0 Å². The number of hydrogen-bond donors (Lipinski definition) is 1. The highest BCUT2D eigenvalue weighted by Gasteiger charge is 2.40. The first-order valence-corrected chi connectivity index (χ1v) is 12.8. The van der Waals surface area contributed by atoms with Crippen LogP contribution in [0.5, 0.6) is 11.5 Å². The second kappa shape index (κ2) is 11.7. The van der Waals surface area contributed by atoms with Crippen molar-refractivity contribution in [3.8, 4) is 11.5 Å². The molecule has 0 aromatic heterocycles. The standard InChI is InChI=1S/C30H28F5NO4/c1-4-39-28(37)12-16(2)21-13-20(8-9-25(21)32)36-29(38)23-14-24(30(33,34)35)22(18-5-6-18)15-27(23)40-26-10-7-19(31)11-17(26)3/h7-11,13-16,18H,4-6,12H2,1-3H3,(H,36,38). The van der Waals surface area contributed by atoms with Gasteiger partial charge in [0.25, 0.3) is 5.91 Å². The molecule has 0 heterocycles. The Morgan fingerprint density at radius 2 is 1.75 bits per heavy atom. The number of aryl methyl sites for hydroxylation is 1. The lowest BCUT2D eigenvalue weighted by molar-refractivity contribution is -0.143. The van der Waals surface area contributed by atoms with Crippen LogP contribution in [-0.2, 0) is 15.7 Å². The minimum absolute atomic E-state index is 0.0238. The molecule has 4 rings (SSSR count). The summed E-state index contributed by atoms with van der Waals surface area (Å²) in [5.41, 5.74) is -0.684. The normalized spacial score (nSPS) is 14.0. The van der Waals surface area contributed by atoms with E-state index in [9.17, 15) is 31.5 Å². The lowest BCUT2D eigenvalue weighted by atomic mass is 9.96. The number of amides is 1. The van der Waals surface area contributed by atoms with Crippen molar-refractivity contribution in [3.05, 3.63) is 88.0 Å². The lowest BCUT2D eigenvalue weighted by Crippen LogP contribution is -2.17. The van der Waals surface area contributed by atoms with Crippen LogP contribution in [0, 0.1) is 18.6 Å². The third-order valence-corrected chi connectivity index (χ3v) is 6.64. The van der Waals surface area contributed by atoms with E-state index < -0.39 is 46.7 Å². The minimum Gasteiger partial charge on any atom is -0.466 e. The van der Waals surface area contributed by atoms with Crippen LogP contribution in [0.1, 0.15) is 77.6 Å². The molecule has 1 unspecified atom stereocenters. The molecule has 1 saturated carbocycles. The van der Waals surface area contributed by atoms with Crippen molar-refractivity contribution >= 4 is 17.6 Å². The van der Waals surface area contributed by atoms with E-state index in [1.807, 2.05) is 0 Å². The average molecular weight is 562 g/mol. The fraction of sp³-hybridized carbons (Fsp3) is 0.333. The second-order valence-corrected chi connectivity index (χ2v) is 9.82. The summed E-state index contributed by atoms with van der Waals surface area (Å²) in [6, 6.07) is 9.35. The summed E-state index contributed by atoms with van der Waals surface area (Å²) in [6.07, 6.45) is -3.67. The van der Waals surface area contributed by atoms with E-state index in [0.717, 1.165) is 18.2 Å². The highest BCUT2D eigenvalue weighted by molar-refractivity contribution is 6.06. The number of carbonyl (C=O) groups is 2. The first-order valence-electron chi connectivity index (χ1n) is 12.8. The van der Waals surface area contributed by atoms with Crippen LogP contribution in [0.3, 0.4) is 0 Å². The first kappa shape index (κ1) is 29.0. The van der Waals surface area contributed by atoms with Gasteiger partial charge in [0.05, 0.1) is 24.2 Å². The zero-order valence-corrected chi connectivity index (χ0v) is 22.1. The number of halogens is 5. The molecule has 1 aliphatic rings. The van der Waals surface area contributed by atoms with Crippen LogP contribution in [0.15, 0.2) is 48.5 Å². The predicted molar refractivity (Wildman–Crippen MR) is 139 cm³/mol. The van der Waals surface area contributed by atoms with Crippen molar-refractivity contribution in [1.82, 2.24) is 0 Å². The van der Waals surface area contributed by atoms with Crippen molar-refractivity contribution in [3.63, 3.8) is 0 Å². The van der Waals surface area contributed by atoms with Gasteiger partial charge in [0.2, 0.25) is 0 Å². The maximum atomic E-state index is 14.6. The summed E-state index contributed by atoms with van der Waals surface area (Å²) < 4.78 is 81.1. The molecular weight excluding hydrogens is 533 g/mol. The van der Waals surface area contributed by atoms with E-state index in [4.69, 9.17) is 9.47 Å². The Hall–Kier alpha value is -3.95. The van der Waals surface area contributed by atoms with Crippen molar-refractivity contribution < 1.29 is 41.0 Å². The van der Waals surface area contributed by atoms with Gasteiger partial charge >= 0.3 is 12.1 Å². The summed E-state index contributed by atoms with van der Waals surface area (Å²) in [7, 11) is 0. The smallest absolute Gasteiger partial charge is 0.416 e. The largest absolute Gasteiger partial charge is 0.466 e. The van der Waals surface area contributed by atoms with Gasteiger partial charge in [0, 0.05) is 5.69 Å². The Kier molecular flexibility index (Phi) is 8.46. The molecule has 212 valence electrons. The highest BCUT2D eigenvalue weighted by Crippen LogP contribution is 2.48. The van der Waals surface area contributed by atoms with E-state index in [0.29, 0.717) is 18.4 Å². The molecule has 1 amide bonds. The number of nitrogens with one attached hydrogen (secondary N) is 1. The SMILES string of the molecule is CCOC(=O)CC(C)c1cc(NC(=O)c2cc(C(F)(F)F)c(C3CC3)cc2Oc2ccc(F)cc2C)ccc1F. The molecule has 40 heavy (non-hydrogen) atoms. The number of alkyl halides is 3. The van der Waals surface area contributed by atoms with Crippen molar-refractivity contribution in [2.45, 2.75) is 58.0 Å². The van der Waals surface area contributed by atoms with Crippen LogP contribution in [-0.4, -0.2) is 18.5 Å².